The van der Waals surface area contributed by atoms with E-state index in [1.54, 1.807) is 48.9 Å². The molecule has 2 aromatic rings. The van der Waals surface area contributed by atoms with Gasteiger partial charge < -0.3 is 9.47 Å². The van der Waals surface area contributed by atoms with E-state index in [4.69, 9.17) is 9.47 Å². The summed E-state index contributed by atoms with van der Waals surface area (Å²) in [5, 5.41) is 5.78. The quantitative estimate of drug-likeness (QED) is 0.656. The van der Waals surface area contributed by atoms with E-state index in [0.29, 0.717) is 5.75 Å². The van der Waals surface area contributed by atoms with E-state index in [1.807, 2.05) is 17.5 Å². The predicted molar refractivity (Wildman–Crippen MR) is 78.5 cm³/mol. The van der Waals surface area contributed by atoms with Crippen molar-refractivity contribution in [3.63, 3.8) is 0 Å². The van der Waals surface area contributed by atoms with Crippen LogP contribution in [0.5, 0.6) is 11.5 Å². The van der Waals surface area contributed by atoms with E-state index in [9.17, 15) is 4.79 Å². The molecule has 0 bridgehead atoms. The molecule has 0 saturated heterocycles. The van der Waals surface area contributed by atoms with Crippen LogP contribution in [0.3, 0.4) is 0 Å². The Morgan fingerprint density at radius 2 is 2.05 bits per heavy atom. The molecule has 0 aliphatic heterocycles. The van der Waals surface area contributed by atoms with Crippen LogP contribution in [0.15, 0.2) is 46.9 Å². The Morgan fingerprint density at radius 3 is 2.70 bits per heavy atom. The van der Waals surface area contributed by atoms with Crippen molar-refractivity contribution in [3.05, 3.63) is 46.7 Å². The maximum Gasteiger partial charge on any atom is 0.277 e. The maximum absolute atomic E-state index is 11.5. The Labute approximate surface area is 120 Å². The molecule has 0 spiro atoms. The van der Waals surface area contributed by atoms with Gasteiger partial charge in [0.15, 0.2) is 6.61 Å². The fourth-order valence-electron chi connectivity index (χ4n) is 1.39. The number of carbonyl (C=O) groups excluding carboxylic acids is 1. The summed E-state index contributed by atoms with van der Waals surface area (Å²) < 4.78 is 10.3. The number of ether oxygens (including phenoxy) is 2. The average molecular weight is 290 g/mol. The number of carbonyl (C=O) groups is 1. The van der Waals surface area contributed by atoms with E-state index in [0.717, 1.165) is 10.6 Å². The van der Waals surface area contributed by atoms with E-state index in [2.05, 4.69) is 10.5 Å². The lowest BCUT2D eigenvalue weighted by molar-refractivity contribution is -0.123. The van der Waals surface area contributed by atoms with Crippen LogP contribution < -0.4 is 14.9 Å². The number of hydrogen-bond donors (Lipinski definition) is 1. The third-order valence-electron chi connectivity index (χ3n) is 2.35. The van der Waals surface area contributed by atoms with Gasteiger partial charge in [-0.1, -0.05) is 6.07 Å². The topological polar surface area (TPSA) is 59.9 Å². The summed E-state index contributed by atoms with van der Waals surface area (Å²) in [6.07, 6.45) is 1.59. The SMILES string of the molecule is COc1ccc(OCC(=O)N/N=C/c2cccs2)cc1. The summed E-state index contributed by atoms with van der Waals surface area (Å²) in [5.41, 5.74) is 2.40. The number of hydrogen-bond acceptors (Lipinski definition) is 5. The summed E-state index contributed by atoms with van der Waals surface area (Å²) in [4.78, 5) is 12.5. The molecule has 5 nitrogen and oxygen atoms in total. The van der Waals surface area contributed by atoms with Crippen molar-refractivity contribution in [2.75, 3.05) is 13.7 Å². The van der Waals surface area contributed by atoms with Gasteiger partial charge in [-0.25, -0.2) is 5.43 Å². The van der Waals surface area contributed by atoms with Crippen LogP contribution in [0.4, 0.5) is 0 Å². The molecule has 1 aromatic carbocycles. The molecule has 2 rings (SSSR count). The van der Waals surface area contributed by atoms with E-state index in [-0.39, 0.29) is 12.5 Å². The summed E-state index contributed by atoms with van der Waals surface area (Å²) in [6, 6.07) is 10.8. The molecule has 20 heavy (non-hydrogen) atoms. The third-order valence-corrected chi connectivity index (χ3v) is 3.16. The lowest BCUT2D eigenvalue weighted by Gasteiger charge is -2.05. The van der Waals surface area contributed by atoms with E-state index in [1.165, 1.54) is 0 Å². The smallest absolute Gasteiger partial charge is 0.277 e. The Morgan fingerprint density at radius 1 is 1.30 bits per heavy atom. The maximum atomic E-state index is 11.5. The van der Waals surface area contributed by atoms with Gasteiger partial charge in [-0.3, -0.25) is 4.79 Å². The van der Waals surface area contributed by atoms with Gasteiger partial charge in [0.05, 0.1) is 13.3 Å². The number of benzene rings is 1. The van der Waals surface area contributed by atoms with Gasteiger partial charge >= 0.3 is 0 Å². The van der Waals surface area contributed by atoms with Crippen LogP contribution in [0.2, 0.25) is 0 Å². The van der Waals surface area contributed by atoms with E-state index < -0.39 is 0 Å². The highest BCUT2D eigenvalue weighted by atomic mass is 32.1. The van der Waals surface area contributed by atoms with Crippen molar-refractivity contribution < 1.29 is 14.3 Å². The van der Waals surface area contributed by atoms with Crippen LogP contribution >= 0.6 is 11.3 Å². The minimum absolute atomic E-state index is 0.0892. The van der Waals surface area contributed by atoms with Crippen molar-refractivity contribution in [2.45, 2.75) is 0 Å². The number of thiophene rings is 1. The summed E-state index contributed by atoms with van der Waals surface area (Å²) in [7, 11) is 1.59. The van der Waals surface area contributed by atoms with Gasteiger partial charge in [0, 0.05) is 4.88 Å². The van der Waals surface area contributed by atoms with Crippen LogP contribution in [0.1, 0.15) is 4.88 Å². The molecule has 104 valence electrons. The van der Waals surface area contributed by atoms with Gasteiger partial charge in [-0.2, -0.15) is 5.10 Å². The molecule has 6 heteroatoms. The third kappa shape index (κ3) is 4.40. The number of rotatable bonds is 6. The molecule has 1 aromatic heterocycles. The van der Waals surface area contributed by atoms with Gasteiger partial charge in [0.2, 0.25) is 0 Å². The second kappa shape index (κ2) is 7.30. The Bertz CT molecular complexity index is 565. The minimum atomic E-state index is -0.311. The van der Waals surface area contributed by atoms with Crippen LogP contribution in [-0.2, 0) is 4.79 Å². The Hall–Kier alpha value is -2.34. The second-order valence-electron chi connectivity index (χ2n) is 3.77. The zero-order valence-corrected chi connectivity index (χ0v) is 11.7. The molecule has 1 heterocycles. The number of nitrogens with zero attached hydrogens (tertiary/aromatic N) is 1. The molecule has 1 amide bonds. The molecule has 0 fully saturated rings. The average Bonchev–Trinajstić information content (AvgIpc) is 2.99. The fraction of sp³-hybridized carbons (Fsp3) is 0.143. The van der Waals surface area contributed by atoms with Gasteiger partial charge in [0.25, 0.3) is 5.91 Å². The molecule has 1 N–H and O–H groups in total. The van der Waals surface area contributed by atoms with Crippen molar-refractivity contribution in [3.8, 4) is 11.5 Å². The fourth-order valence-corrected chi connectivity index (χ4v) is 1.97. The Balaban J connectivity index is 1.74. The van der Waals surface area contributed by atoms with Crippen LogP contribution in [0.25, 0.3) is 0 Å². The minimum Gasteiger partial charge on any atom is -0.497 e. The highest BCUT2D eigenvalue weighted by Gasteiger charge is 2.01. The molecule has 0 atom stereocenters. The predicted octanol–water partition coefficient (Wildman–Crippen LogP) is 2.29. The van der Waals surface area contributed by atoms with Crippen molar-refractivity contribution >= 4 is 23.5 Å². The standard InChI is InChI=1S/C14H14N2O3S/c1-18-11-4-6-12(7-5-11)19-10-14(17)16-15-9-13-3-2-8-20-13/h2-9H,10H2,1H3,(H,16,17)/b15-9+. The Kier molecular flexibility index (Phi) is 5.14. The number of amides is 1. The zero-order valence-electron chi connectivity index (χ0n) is 10.9. The molecule has 0 saturated carbocycles. The first-order chi connectivity index (χ1) is 9.78. The van der Waals surface area contributed by atoms with Gasteiger partial charge in [-0.15, -0.1) is 11.3 Å². The second-order valence-corrected chi connectivity index (χ2v) is 4.75. The summed E-state index contributed by atoms with van der Waals surface area (Å²) >= 11 is 1.54. The lowest BCUT2D eigenvalue weighted by atomic mass is 10.3. The lowest BCUT2D eigenvalue weighted by Crippen LogP contribution is -2.24. The highest BCUT2D eigenvalue weighted by molar-refractivity contribution is 7.11. The first-order valence-corrected chi connectivity index (χ1v) is 6.78. The van der Waals surface area contributed by atoms with Crippen LogP contribution in [0, 0.1) is 0 Å². The number of hydrazone groups is 1. The van der Waals surface area contributed by atoms with Crippen molar-refractivity contribution in [1.82, 2.24) is 5.43 Å². The number of nitrogens with one attached hydrogen (secondary N) is 1. The van der Waals surface area contributed by atoms with E-state index >= 15 is 0 Å². The largest absolute Gasteiger partial charge is 0.497 e. The van der Waals surface area contributed by atoms with Crippen LogP contribution in [-0.4, -0.2) is 25.8 Å². The van der Waals surface area contributed by atoms with Crippen molar-refractivity contribution in [1.29, 1.82) is 0 Å². The molecule has 0 radical (unpaired) electrons. The van der Waals surface area contributed by atoms with Gasteiger partial charge in [-0.05, 0) is 35.7 Å². The first-order valence-electron chi connectivity index (χ1n) is 5.90. The highest BCUT2D eigenvalue weighted by Crippen LogP contribution is 2.16. The molecule has 0 aliphatic rings. The molecule has 0 unspecified atom stereocenters. The summed E-state index contributed by atoms with van der Waals surface area (Å²) in [5.74, 6) is 1.03. The normalized spacial score (nSPS) is 10.4. The van der Waals surface area contributed by atoms with Crippen molar-refractivity contribution in [2.24, 2.45) is 5.10 Å². The number of methoxy groups -OCH3 is 1. The summed E-state index contributed by atoms with van der Waals surface area (Å²) in [6.45, 7) is -0.0892. The zero-order chi connectivity index (χ0) is 14.2. The molecular formula is C14H14N2O3S. The monoisotopic (exact) mass is 290 g/mol. The molecular weight excluding hydrogens is 276 g/mol. The molecule has 0 aliphatic carbocycles. The van der Waals surface area contributed by atoms with Gasteiger partial charge in [0.1, 0.15) is 11.5 Å². The first kappa shape index (κ1) is 14.1.